The summed E-state index contributed by atoms with van der Waals surface area (Å²) in [5, 5.41) is 6.43. The minimum atomic E-state index is 0.0530. The van der Waals surface area contributed by atoms with Gasteiger partial charge >= 0.3 is 0 Å². The number of hydrogen-bond acceptors (Lipinski definition) is 3. The van der Waals surface area contributed by atoms with Crippen LogP contribution in [0.1, 0.15) is 39.5 Å². The SMILES string of the molecule is CC1CC(C)CC(NC(=O)CC2CNCCO2)C1. The molecular weight excluding hydrogens is 228 g/mol. The fraction of sp³-hybridized carbons (Fsp3) is 0.929. The third-order valence-electron chi connectivity index (χ3n) is 3.96. The molecule has 18 heavy (non-hydrogen) atoms. The number of carbonyl (C=O) groups excluding carboxylic acids is 1. The molecule has 0 bridgehead atoms. The average molecular weight is 254 g/mol. The van der Waals surface area contributed by atoms with Gasteiger partial charge in [0.2, 0.25) is 5.91 Å². The summed E-state index contributed by atoms with van der Waals surface area (Å²) in [6.45, 7) is 6.97. The number of amides is 1. The maximum absolute atomic E-state index is 12.0. The van der Waals surface area contributed by atoms with Crippen molar-refractivity contribution in [2.75, 3.05) is 19.7 Å². The molecule has 2 rings (SSSR count). The van der Waals surface area contributed by atoms with Crippen molar-refractivity contribution in [1.82, 2.24) is 10.6 Å². The van der Waals surface area contributed by atoms with Crippen LogP contribution in [0.2, 0.25) is 0 Å². The van der Waals surface area contributed by atoms with Crippen LogP contribution < -0.4 is 10.6 Å². The van der Waals surface area contributed by atoms with E-state index in [1.54, 1.807) is 0 Å². The first-order chi connectivity index (χ1) is 8.63. The quantitative estimate of drug-likeness (QED) is 0.798. The summed E-state index contributed by atoms with van der Waals surface area (Å²) >= 11 is 0. The largest absolute Gasteiger partial charge is 0.375 e. The van der Waals surface area contributed by atoms with Crippen LogP contribution in [0.15, 0.2) is 0 Å². The number of morpholine rings is 1. The first-order valence-corrected chi connectivity index (χ1v) is 7.25. The molecule has 1 saturated carbocycles. The molecular formula is C14H26N2O2. The molecule has 0 aromatic heterocycles. The second-order valence-corrected chi connectivity index (χ2v) is 6.08. The van der Waals surface area contributed by atoms with Gasteiger partial charge in [0.25, 0.3) is 0 Å². The molecule has 2 fully saturated rings. The minimum Gasteiger partial charge on any atom is -0.375 e. The summed E-state index contributed by atoms with van der Waals surface area (Å²) in [6, 6.07) is 0.368. The van der Waals surface area contributed by atoms with Crippen molar-refractivity contribution in [3.8, 4) is 0 Å². The predicted octanol–water partition coefficient (Wildman–Crippen LogP) is 1.31. The lowest BCUT2D eigenvalue weighted by Gasteiger charge is -2.32. The van der Waals surface area contributed by atoms with Crippen molar-refractivity contribution in [3.63, 3.8) is 0 Å². The van der Waals surface area contributed by atoms with Gasteiger partial charge in [-0.1, -0.05) is 13.8 Å². The first kappa shape index (κ1) is 13.8. The number of hydrogen-bond donors (Lipinski definition) is 2. The molecule has 1 amide bonds. The lowest BCUT2D eigenvalue weighted by atomic mass is 9.80. The summed E-state index contributed by atoms with van der Waals surface area (Å²) in [5.74, 6) is 1.60. The van der Waals surface area contributed by atoms with E-state index in [4.69, 9.17) is 4.74 Å². The Morgan fingerprint density at radius 1 is 1.28 bits per heavy atom. The van der Waals surface area contributed by atoms with Crippen molar-refractivity contribution in [2.24, 2.45) is 11.8 Å². The molecule has 4 nitrogen and oxygen atoms in total. The predicted molar refractivity (Wildman–Crippen MR) is 71.3 cm³/mol. The molecule has 1 aliphatic carbocycles. The van der Waals surface area contributed by atoms with Gasteiger partial charge < -0.3 is 15.4 Å². The molecule has 0 spiro atoms. The fourth-order valence-corrected chi connectivity index (χ4v) is 3.31. The molecule has 2 N–H and O–H groups in total. The summed E-state index contributed by atoms with van der Waals surface area (Å²) in [6.07, 6.45) is 4.09. The van der Waals surface area contributed by atoms with Gasteiger partial charge in [-0.2, -0.15) is 0 Å². The Hall–Kier alpha value is -0.610. The summed E-state index contributed by atoms with van der Waals surface area (Å²) in [4.78, 5) is 12.0. The van der Waals surface area contributed by atoms with Crippen LogP contribution in [0, 0.1) is 11.8 Å². The Morgan fingerprint density at radius 2 is 2.00 bits per heavy atom. The second kappa shape index (κ2) is 6.53. The first-order valence-electron chi connectivity index (χ1n) is 7.25. The van der Waals surface area contributed by atoms with Crippen molar-refractivity contribution in [1.29, 1.82) is 0 Å². The van der Waals surface area contributed by atoms with E-state index in [0.29, 0.717) is 12.5 Å². The zero-order valence-electron chi connectivity index (χ0n) is 11.6. The number of carbonyl (C=O) groups is 1. The normalized spacial score (nSPS) is 37.2. The highest BCUT2D eigenvalue weighted by molar-refractivity contribution is 5.76. The highest BCUT2D eigenvalue weighted by Gasteiger charge is 2.26. The Balaban J connectivity index is 1.72. The molecule has 104 valence electrons. The lowest BCUT2D eigenvalue weighted by Crippen LogP contribution is -2.44. The Labute approximate surface area is 110 Å². The molecule has 0 aromatic carbocycles. The third kappa shape index (κ3) is 4.25. The zero-order valence-corrected chi connectivity index (χ0v) is 11.6. The smallest absolute Gasteiger partial charge is 0.222 e. The van der Waals surface area contributed by atoms with Gasteiger partial charge in [0.1, 0.15) is 0 Å². The van der Waals surface area contributed by atoms with Gasteiger partial charge in [0.05, 0.1) is 19.1 Å². The van der Waals surface area contributed by atoms with E-state index in [2.05, 4.69) is 24.5 Å². The van der Waals surface area contributed by atoms with Gasteiger partial charge in [-0.25, -0.2) is 0 Å². The summed E-state index contributed by atoms with van der Waals surface area (Å²) in [5.41, 5.74) is 0. The van der Waals surface area contributed by atoms with E-state index in [0.717, 1.165) is 44.4 Å². The Bertz CT molecular complexity index is 267. The molecule has 1 saturated heterocycles. The van der Waals surface area contributed by atoms with E-state index in [-0.39, 0.29) is 12.0 Å². The van der Waals surface area contributed by atoms with Crippen LogP contribution in [0.5, 0.6) is 0 Å². The van der Waals surface area contributed by atoms with Crippen LogP contribution in [0.25, 0.3) is 0 Å². The van der Waals surface area contributed by atoms with Crippen LogP contribution in [-0.4, -0.2) is 37.7 Å². The van der Waals surface area contributed by atoms with E-state index < -0.39 is 0 Å². The monoisotopic (exact) mass is 254 g/mol. The van der Waals surface area contributed by atoms with Crippen molar-refractivity contribution < 1.29 is 9.53 Å². The van der Waals surface area contributed by atoms with E-state index in [1.807, 2.05) is 0 Å². The zero-order chi connectivity index (χ0) is 13.0. The average Bonchev–Trinajstić information content (AvgIpc) is 2.28. The highest BCUT2D eigenvalue weighted by atomic mass is 16.5. The fourth-order valence-electron chi connectivity index (χ4n) is 3.31. The van der Waals surface area contributed by atoms with Crippen LogP contribution in [0.4, 0.5) is 0 Å². The Morgan fingerprint density at radius 3 is 2.61 bits per heavy atom. The molecule has 3 unspecified atom stereocenters. The number of nitrogens with one attached hydrogen (secondary N) is 2. The standard InChI is InChI=1S/C14H26N2O2/c1-10-5-11(2)7-12(6-10)16-14(17)8-13-9-15-3-4-18-13/h10-13,15H,3-9H2,1-2H3,(H,16,17). The molecule has 3 atom stereocenters. The maximum atomic E-state index is 12.0. The Kier molecular flexibility index (Phi) is 5.01. The van der Waals surface area contributed by atoms with Gasteiger partial charge in [-0.15, -0.1) is 0 Å². The number of ether oxygens (including phenoxy) is 1. The summed E-state index contributed by atoms with van der Waals surface area (Å²) in [7, 11) is 0. The molecule has 1 heterocycles. The van der Waals surface area contributed by atoms with Gasteiger partial charge in [-0.3, -0.25) is 4.79 Å². The van der Waals surface area contributed by atoms with Crippen LogP contribution >= 0.6 is 0 Å². The van der Waals surface area contributed by atoms with Gasteiger partial charge in [0, 0.05) is 19.1 Å². The molecule has 2 aliphatic rings. The van der Waals surface area contributed by atoms with Gasteiger partial charge in [0.15, 0.2) is 0 Å². The highest BCUT2D eigenvalue weighted by Crippen LogP contribution is 2.28. The van der Waals surface area contributed by atoms with E-state index in [1.165, 1.54) is 6.42 Å². The third-order valence-corrected chi connectivity index (χ3v) is 3.96. The molecule has 1 aliphatic heterocycles. The van der Waals surface area contributed by atoms with Crippen LogP contribution in [-0.2, 0) is 9.53 Å². The lowest BCUT2D eigenvalue weighted by molar-refractivity contribution is -0.125. The van der Waals surface area contributed by atoms with Crippen molar-refractivity contribution in [3.05, 3.63) is 0 Å². The maximum Gasteiger partial charge on any atom is 0.222 e. The second-order valence-electron chi connectivity index (χ2n) is 6.08. The topological polar surface area (TPSA) is 50.4 Å². The minimum absolute atomic E-state index is 0.0530. The van der Waals surface area contributed by atoms with E-state index >= 15 is 0 Å². The molecule has 0 radical (unpaired) electrons. The number of rotatable bonds is 3. The molecule has 4 heteroatoms. The van der Waals surface area contributed by atoms with Gasteiger partial charge in [-0.05, 0) is 31.1 Å². The van der Waals surface area contributed by atoms with Crippen molar-refractivity contribution >= 4 is 5.91 Å². The van der Waals surface area contributed by atoms with Crippen molar-refractivity contribution in [2.45, 2.75) is 51.7 Å². The molecule has 0 aromatic rings. The summed E-state index contributed by atoms with van der Waals surface area (Å²) < 4.78 is 5.56. The van der Waals surface area contributed by atoms with Crippen LogP contribution in [0.3, 0.4) is 0 Å². The van der Waals surface area contributed by atoms with E-state index in [9.17, 15) is 4.79 Å².